The maximum atomic E-state index is 4.37. The smallest absolute Gasteiger partial charge is 0.133 e. The number of nitrogens with zero attached hydrogens (tertiary/aromatic N) is 1. The van der Waals surface area contributed by atoms with Crippen LogP contribution in [0, 0.1) is 6.92 Å². The summed E-state index contributed by atoms with van der Waals surface area (Å²) in [6.45, 7) is 2.18. The van der Waals surface area contributed by atoms with Gasteiger partial charge in [0.25, 0.3) is 0 Å². The van der Waals surface area contributed by atoms with E-state index < -0.39 is 0 Å². The lowest BCUT2D eigenvalue weighted by Crippen LogP contribution is -1.73. The summed E-state index contributed by atoms with van der Waals surface area (Å²) in [5.41, 5.74) is 1.35. The van der Waals surface area contributed by atoms with Crippen molar-refractivity contribution in [3.05, 3.63) is 41.4 Å². The van der Waals surface area contributed by atoms with Gasteiger partial charge in [-0.2, -0.15) is 0 Å². The van der Waals surface area contributed by atoms with E-state index in [-0.39, 0.29) is 0 Å². The molecule has 2 heterocycles. The zero-order valence-corrected chi connectivity index (χ0v) is 9.86. The lowest BCUT2D eigenvalue weighted by atomic mass is 10.1. The van der Waals surface area contributed by atoms with E-state index in [1.165, 1.54) is 20.5 Å². The highest BCUT2D eigenvalue weighted by Crippen LogP contribution is 2.38. The van der Waals surface area contributed by atoms with E-state index in [1.807, 2.05) is 22.9 Å². The summed E-state index contributed by atoms with van der Waals surface area (Å²) < 4.78 is 1.35. The molecule has 0 aliphatic heterocycles. The van der Waals surface area contributed by atoms with Gasteiger partial charge in [-0.3, -0.25) is 0 Å². The second-order valence-corrected chi connectivity index (χ2v) is 5.34. The first-order valence-corrected chi connectivity index (χ1v) is 6.44. The van der Waals surface area contributed by atoms with Crippen LogP contribution in [0.1, 0.15) is 5.56 Å². The predicted molar refractivity (Wildman–Crippen MR) is 67.7 cm³/mol. The highest BCUT2D eigenvalue weighted by molar-refractivity contribution is 7.25. The summed E-state index contributed by atoms with van der Waals surface area (Å²) in [7, 11) is 0. The van der Waals surface area contributed by atoms with Crippen LogP contribution in [-0.4, -0.2) is 4.98 Å². The average molecular weight is 231 g/mol. The Bertz CT molecular complexity index is 593. The number of thiophene rings is 1. The van der Waals surface area contributed by atoms with Crippen molar-refractivity contribution in [2.75, 3.05) is 0 Å². The minimum Gasteiger partial charge on any atom is -0.244 e. The molecule has 3 aromatic rings. The number of thiazole rings is 1. The van der Waals surface area contributed by atoms with E-state index in [1.54, 1.807) is 11.3 Å². The summed E-state index contributed by atoms with van der Waals surface area (Å²) in [5.74, 6) is 0. The summed E-state index contributed by atoms with van der Waals surface area (Å²) in [5, 5.41) is 4.51. The Kier molecular flexibility index (Phi) is 2.08. The molecule has 3 heteroatoms. The standard InChI is InChI=1S/C12H9NS2/c1-8-9-4-2-3-5-10(9)15-11(8)12-13-6-7-14-12/h2-7H,1H3. The van der Waals surface area contributed by atoms with Crippen LogP contribution in [0.4, 0.5) is 0 Å². The van der Waals surface area contributed by atoms with Gasteiger partial charge in [0.2, 0.25) is 0 Å². The Morgan fingerprint density at radius 1 is 1.20 bits per heavy atom. The molecule has 0 radical (unpaired) electrons. The lowest BCUT2D eigenvalue weighted by Gasteiger charge is -1.92. The third kappa shape index (κ3) is 1.39. The molecule has 0 aliphatic carbocycles. The number of rotatable bonds is 1. The zero-order valence-electron chi connectivity index (χ0n) is 8.23. The molecule has 0 unspecified atom stereocenters. The lowest BCUT2D eigenvalue weighted by molar-refractivity contribution is 1.42. The van der Waals surface area contributed by atoms with E-state index in [0.717, 1.165) is 5.01 Å². The molecule has 0 aliphatic rings. The first kappa shape index (κ1) is 9.07. The van der Waals surface area contributed by atoms with E-state index in [9.17, 15) is 0 Å². The van der Waals surface area contributed by atoms with Gasteiger partial charge in [-0.15, -0.1) is 22.7 Å². The molecule has 0 saturated carbocycles. The molecule has 0 amide bonds. The maximum absolute atomic E-state index is 4.37. The highest BCUT2D eigenvalue weighted by atomic mass is 32.1. The van der Waals surface area contributed by atoms with E-state index in [2.05, 4.69) is 36.2 Å². The summed E-state index contributed by atoms with van der Waals surface area (Å²) >= 11 is 3.53. The Hall–Kier alpha value is -1.19. The van der Waals surface area contributed by atoms with Crippen LogP contribution in [0.3, 0.4) is 0 Å². The van der Waals surface area contributed by atoms with Gasteiger partial charge in [-0.25, -0.2) is 4.98 Å². The quantitative estimate of drug-likeness (QED) is 0.607. The topological polar surface area (TPSA) is 12.9 Å². The molecule has 0 atom stereocenters. The SMILES string of the molecule is Cc1c(-c2nccs2)sc2ccccc12. The molecule has 0 spiro atoms. The van der Waals surface area contributed by atoms with Crippen LogP contribution in [-0.2, 0) is 0 Å². The van der Waals surface area contributed by atoms with Gasteiger partial charge in [-0.05, 0) is 23.9 Å². The van der Waals surface area contributed by atoms with Gasteiger partial charge in [-0.1, -0.05) is 18.2 Å². The molecule has 74 valence electrons. The number of aromatic nitrogens is 1. The highest BCUT2D eigenvalue weighted by Gasteiger charge is 2.10. The first-order chi connectivity index (χ1) is 7.36. The second kappa shape index (κ2) is 3.43. The van der Waals surface area contributed by atoms with Crippen molar-refractivity contribution in [1.29, 1.82) is 0 Å². The molecule has 15 heavy (non-hydrogen) atoms. The molecule has 0 bridgehead atoms. The van der Waals surface area contributed by atoms with Crippen molar-refractivity contribution in [3.8, 4) is 9.88 Å². The fourth-order valence-electron chi connectivity index (χ4n) is 1.71. The number of hydrogen-bond acceptors (Lipinski definition) is 3. The third-order valence-electron chi connectivity index (χ3n) is 2.47. The minimum absolute atomic E-state index is 1.13. The first-order valence-electron chi connectivity index (χ1n) is 4.74. The molecule has 0 N–H and O–H groups in total. The fourth-order valence-corrected chi connectivity index (χ4v) is 3.72. The Balaban J connectivity index is 2.33. The Morgan fingerprint density at radius 3 is 2.80 bits per heavy atom. The van der Waals surface area contributed by atoms with Crippen LogP contribution in [0.2, 0.25) is 0 Å². The number of benzene rings is 1. The molecule has 2 aromatic heterocycles. The van der Waals surface area contributed by atoms with Gasteiger partial charge >= 0.3 is 0 Å². The van der Waals surface area contributed by atoms with Crippen LogP contribution in [0.5, 0.6) is 0 Å². The van der Waals surface area contributed by atoms with Crippen molar-refractivity contribution in [2.45, 2.75) is 6.92 Å². The van der Waals surface area contributed by atoms with Crippen LogP contribution >= 0.6 is 22.7 Å². The molecule has 0 saturated heterocycles. The molecule has 3 rings (SSSR count). The van der Waals surface area contributed by atoms with Gasteiger partial charge in [0.1, 0.15) is 5.01 Å². The normalized spacial score (nSPS) is 11.0. The van der Waals surface area contributed by atoms with Crippen LogP contribution in [0.15, 0.2) is 35.8 Å². The van der Waals surface area contributed by atoms with Gasteiger partial charge in [0, 0.05) is 16.3 Å². The minimum atomic E-state index is 1.13. The zero-order chi connectivity index (χ0) is 10.3. The Morgan fingerprint density at radius 2 is 2.07 bits per heavy atom. The van der Waals surface area contributed by atoms with Crippen molar-refractivity contribution in [1.82, 2.24) is 4.98 Å². The summed E-state index contributed by atoms with van der Waals surface area (Å²) in [4.78, 5) is 5.68. The van der Waals surface area contributed by atoms with Gasteiger partial charge in [0.15, 0.2) is 0 Å². The predicted octanol–water partition coefficient (Wildman–Crippen LogP) is 4.33. The summed E-state index contributed by atoms with van der Waals surface area (Å²) in [6, 6.07) is 8.53. The average Bonchev–Trinajstić information content (AvgIpc) is 2.87. The largest absolute Gasteiger partial charge is 0.244 e. The van der Waals surface area contributed by atoms with Gasteiger partial charge in [0.05, 0.1) is 4.88 Å². The Labute approximate surface area is 96.0 Å². The third-order valence-corrected chi connectivity index (χ3v) is 4.67. The fraction of sp³-hybridized carbons (Fsp3) is 0.0833. The van der Waals surface area contributed by atoms with Crippen molar-refractivity contribution >= 4 is 32.8 Å². The molecule has 1 aromatic carbocycles. The number of aryl methyl sites for hydroxylation is 1. The molecular formula is C12H9NS2. The van der Waals surface area contributed by atoms with Crippen molar-refractivity contribution in [3.63, 3.8) is 0 Å². The monoisotopic (exact) mass is 231 g/mol. The second-order valence-electron chi connectivity index (χ2n) is 3.39. The number of fused-ring (bicyclic) bond motifs is 1. The molecule has 0 fully saturated rings. The van der Waals surface area contributed by atoms with E-state index >= 15 is 0 Å². The van der Waals surface area contributed by atoms with Crippen LogP contribution < -0.4 is 0 Å². The maximum Gasteiger partial charge on any atom is 0.133 e. The molecular weight excluding hydrogens is 222 g/mol. The van der Waals surface area contributed by atoms with Crippen molar-refractivity contribution in [2.24, 2.45) is 0 Å². The number of hydrogen-bond donors (Lipinski definition) is 0. The molecule has 1 nitrogen and oxygen atoms in total. The van der Waals surface area contributed by atoms with Crippen LogP contribution in [0.25, 0.3) is 20.0 Å². The van der Waals surface area contributed by atoms with E-state index in [0.29, 0.717) is 0 Å². The van der Waals surface area contributed by atoms with Crippen molar-refractivity contribution < 1.29 is 0 Å². The summed E-state index contributed by atoms with van der Waals surface area (Å²) in [6.07, 6.45) is 1.86. The van der Waals surface area contributed by atoms with E-state index in [4.69, 9.17) is 0 Å². The van der Waals surface area contributed by atoms with Gasteiger partial charge < -0.3 is 0 Å².